The van der Waals surface area contributed by atoms with Crippen LogP contribution in [0.15, 0.2) is 41.6 Å². The van der Waals surface area contributed by atoms with Crippen molar-refractivity contribution in [3.05, 3.63) is 48.0 Å². The van der Waals surface area contributed by atoms with Crippen LogP contribution < -0.4 is 5.32 Å². The standard InChI is InChI=1S/C14H19N3S/c1-4-17-10-9-16-14(17)13(15-2)11-7-5-6-8-12(11)18-3/h5-10,13,15H,4H2,1-3H3. The first-order chi connectivity index (χ1) is 8.81. The zero-order valence-corrected chi connectivity index (χ0v) is 11.9. The van der Waals surface area contributed by atoms with E-state index in [4.69, 9.17) is 0 Å². The van der Waals surface area contributed by atoms with Gasteiger partial charge in [0, 0.05) is 23.8 Å². The summed E-state index contributed by atoms with van der Waals surface area (Å²) in [7, 11) is 1.98. The summed E-state index contributed by atoms with van der Waals surface area (Å²) in [5, 5.41) is 3.37. The van der Waals surface area contributed by atoms with E-state index >= 15 is 0 Å². The lowest BCUT2D eigenvalue weighted by atomic mass is 10.1. The molecule has 0 aliphatic heterocycles. The van der Waals surface area contributed by atoms with E-state index in [1.165, 1.54) is 10.5 Å². The van der Waals surface area contributed by atoms with Gasteiger partial charge < -0.3 is 9.88 Å². The molecule has 1 aromatic carbocycles. The molecule has 1 unspecified atom stereocenters. The fourth-order valence-corrected chi connectivity index (χ4v) is 2.81. The molecule has 1 atom stereocenters. The van der Waals surface area contributed by atoms with Crippen LogP contribution in [0.1, 0.15) is 24.4 Å². The smallest absolute Gasteiger partial charge is 0.130 e. The van der Waals surface area contributed by atoms with E-state index in [0.29, 0.717) is 0 Å². The highest BCUT2D eigenvalue weighted by atomic mass is 32.2. The van der Waals surface area contributed by atoms with Gasteiger partial charge in [-0.3, -0.25) is 0 Å². The van der Waals surface area contributed by atoms with Gasteiger partial charge >= 0.3 is 0 Å². The minimum atomic E-state index is 0.142. The first kappa shape index (κ1) is 13.2. The third-order valence-electron chi connectivity index (χ3n) is 3.09. The van der Waals surface area contributed by atoms with E-state index in [-0.39, 0.29) is 6.04 Å². The number of hydrogen-bond donors (Lipinski definition) is 1. The molecule has 0 spiro atoms. The summed E-state index contributed by atoms with van der Waals surface area (Å²) in [5.74, 6) is 1.07. The molecule has 1 N–H and O–H groups in total. The maximum absolute atomic E-state index is 4.50. The number of benzene rings is 1. The van der Waals surface area contributed by atoms with Crippen molar-refractivity contribution < 1.29 is 0 Å². The van der Waals surface area contributed by atoms with E-state index in [1.54, 1.807) is 11.8 Å². The monoisotopic (exact) mass is 261 g/mol. The second-order valence-corrected chi connectivity index (χ2v) is 4.88. The average Bonchev–Trinajstić information content (AvgIpc) is 2.88. The van der Waals surface area contributed by atoms with E-state index in [1.807, 2.05) is 19.4 Å². The molecule has 0 amide bonds. The highest BCUT2D eigenvalue weighted by Crippen LogP contribution is 2.29. The Morgan fingerprint density at radius 3 is 2.83 bits per heavy atom. The summed E-state index contributed by atoms with van der Waals surface area (Å²) in [6, 6.07) is 8.63. The van der Waals surface area contributed by atoms with Crippen molar-refractivity contribution in [2.75, 3.05) is 13.3 Å². The normalized spacial score (nSPS) is 12.6. The number of thioether (sulfide) groups is 1. The molecule has 18 heavy (non-hydrogen) atoms. The van der Waals surface area contributed by atoms with Gasteiger partial charge in [0.2, 0.25) is 0 Å². The largest absolute Gasteiger partial charge is 0.334 e. The number of imidazole rings is 1. The Balaban J connectivity index is 2.45. The summed E-state index contributed by atoms with van der Waals surface area (Å²) in [6.07, 6.45) is 6.00. The molecule has 0 aliphatic rings. The first-order valence-corrected chi connectivity index (χ1v) is 7.35. The topological polar surface area (TPSA) is 29.9 Å². The molecule has 2 rings (SSSR count). The molecule has 1 heterocycles. The van der Waals surface area contributed by atoms with Crippen LogP contribution in [0, 0.1) is 0 Å². The molecule has 0 saturated heterocycles. The number of aromatic nitrogens is 2. The second-order valence-electron chi connectivity index (χ2n) is 4.04. The molecule has 2 aromatic rings. The Kier molecular flexibility index (Phi) is 4.44. The molecule has 0 bridgehead atoms. The molecular weight excluding hydrogens is 242 g/mol. The highest BCUT2D eigenvalue weighted by molar-refractivity contribution is 7.98. The number of nitrogens with zero attached hydrogens (tertiary/aromatic N) is 2. The Labute approximate surface area is 113 Å². The Morgan fingerprint density at radius 2 is 2.17 bits per heavy atom. The van der Waals surface area contributed by atoms with Crippen molar-refractivity contribution in [2.24, 2.45) is 0 Å². The van der Waals surface area contributed by atoms with Crippen molar-refractivity contribution in [1.29, 1.82) is 0 Å². The van der Waals surface area contributed by atoms with Crippen molar-refractivity contribution in [2.45, 2.75) is 24.4 Å². The number of aryl methyl sites for hydroxylation is 1. The average molecular weight is 261 g/mol. The van der Waals surface area contributed by atoms with Crippen molar-refractivity contribution in [3.8, 4) is 0 Å². The van der Waals surface area contributed by atoms with E-state index in [0.717, 1.165) is 12.4 Å². The second kappa shape index (κ2) is 6.07. The number of nitrogens with one attached hydrogen (secondary N) is 1. The zero-order valence-electron chi connectivity index (χ0n) is 11.1. The molecule has 4 heteroatoms. The predicted octanol–water partition coefficient (Wildman–Crippen LogP) is 2.93. The molecule has 96 valence electrons. The Morgan fingerprint density at radius 1 is 1.39 bits per heavy atom. The van der Waals surface area contributed by atoms with Crippen LogP contribution in [0.5, 0.6) is 0 Å². The number of hydrogen-bond acceptors (Lipinski definition) is 3. The van der Waals surface area contributed by atoms with Gasteiger partial charge in [-0.25, -0.2) is 4.98 Å². The zero-order chi connectivity index (χ0) is 13.0. The quantitative estimate of drug-likeness (QED) is 0.839. The lowest BCUT2D eigenvalue weighted by Crippen LogP contribution is -2.22. The Hall–Kier alpha value is -1.26. The summed E-state index contributed by atoms with van der Waals surface area (Å²) >= 11 is 1.77. The maximum Gasteiger partial charge on any atom is 0.130 e. The molecule has 0 radical (unpaired) electrons. The highest BCUT2D eigenvalue weighted by Gasteiger charge is 2.19. The van der Waals surface area contributed by atoms with Crippen LogP contribution >= 0.6 is 11.8 Å². The van der Waals surface area contributed by atoms with Gasteiger partial charge in [-0.2, -0.15) is 0 Å². The molecule has 0 aliphatic carbocycles. The molecule has 3 nitrogen and oxygen atoms in total. The fourth-order valence-electron chi connectivity index (χ4n) is 2.18. The first-order valence-electron chi connectivity index (χ1n) is 6.13. The van der Waals surface area contributed by atoms with Gasteiger partial charge in [0.05, 0.1) is 6.04 Å². The van der Waals surface area contributed by atoms with Gasteiger partial charge in [0.25, 0.3) is 0 Å². The van der Waals surface area contributed by atoms with Gasteiger partial charge in [-0.15, -0.1) is 11.8 Å². The van der Waals surface area contributed by atoms with Crippen LogP contribution in [-0.2, 0) is 6.54 Å². The van der Waals surface area contributed by atoms with Gasteiger partial charge in [-0.05, 0) is 31.9 Å². The van der Waals surface area contributed by atoms with Crippen LogP contribution in [0.25, 0.3) is 0 Å². The van der Waals surface area contributed by atoms with Crippen LogP contribution in [0.2, 0.25) is 0 Å². The lowest BCUT2D eigenvalue weighted by molar-refractivity contribution is 0.584. The maximum atomic E-state index is 4.50. The number of rotatable bonds is 5. The summed E-state index contributed by atoms with van der Waals surface area (Å²) in [5.41, 5.74) is 1.29. The fraction of sp³-hybridized carbons (Fsp3) is 0.357. The van der Waals surface area contributed by atoms with E-state index in [9.17, 15) is 0 Å². The Bertz CT molecular complexity index is 507. The molecular formula is C14H19N3S. The van der Waals surface area contributed by atoms with Crippen LogP contribution in [0.3, 0.4) is 0 Å². The minimum Gasteiger partial charge on any atom is -0.334 e. The van der Waals surface area contributed by atoms with Gasteiger partial charge in [0.1, 0.15) is 5.82 Å². The van der Waals surface area contributed by atoms with Crippen molar-refractivity contribution >= 4 is 11.8 Å². The van der Waals surface area contributed by atoms with Crippen molar-refractivity contribution in [3.63, 3.8) is 0 Å². The summed E-state index contributed by atoms with van der Waals surface area (Å²) in [4.78, 5) is 5.80. The van der Waals surface area contributed by atoms with Crippen LogP contribution in [0.4, 0.5) is 0 Å². The third-order valence-corrected chi connectivity index (χ3v) is 3.90. The van der Waals surface area contributed by atoms with Gasteiger partial charge in [-0.1, -0.05) is 18.2 Å². The summed E-state index contributed by atoms with van der Waals surface area (Å²) < 4.78 is 2.18. The summed E-state index contributed by atoms with van der Waals surface area (Å²) in [6.45, 7) is 3.08. The lowest BCUT2D eigenvalue weighted by Gasteiger charge is -2.19. The molecule has 0 fully saturated rings. The minimum absolute atomic E-state index is 0.142. The van der Waals surface area contributed by atoms with Crippen molar-refractivity contribution in [1.82, 2.24) is 14.9 Å². The van der Waals surface area contributed by atoms with E-state index < -0.39 is 0 Å². The predicted molar refractivity (Wildman–Crippen MR) is 77.0 cm³/mol. The molecule has 1 aromatic heterocycles. The van der Waals surface area contributed by atoms with Gasteiger partial charge in [0.15, 0.2) is 0 Å². The van der Waals surface area contributed by atoms with Crippen LogP contribution in [-0.4, -0.2) is 22.9 Å². The molecule has 0 saturated carbocycles. The van der Waals surface area contributed by atoms with E-state index in [2.05, 4.69) is 52.3 Å². The third kappa shape index (κ3) is 2.44. The SMILES string of the molecule is CCn1ccnc1C(NC)c1ccccc1SC.